The van der Waals surface area contributed by atoms with Gasteiger partial charge in [-0.3, -0.25) is 9.59 Å². The lowest BCUT2D eigenvalue weighted by Gasteiger charge is -2.07. The molecule has 102 valence electrons. The van der Waals surface area contributed by atoms with Gasteiger partial charge >= 0.3 is 5.97 Å². The monoisotopic (exact) mass is 376 g/mol. The maximum Gasteiger partial charge on any atom is 0.325 e. The minimum atomic E-state index is -0.497. The molecule has 0 saturated carbocycles. The Morgan fingerprint density at radius 3 is 2.84 bits per heavy atom. The maximum absolute atomic E-state index is 11.9. The van der Waals surface area contributed by atoms with E-state index in [1.807, 2.05) is 0 Å². The van der Waals surface area contributed by atoms with Crippen molar-refractivity contribution >= 4 is 40.2 Å². The van der Waals surface area contributed by atoms with Gasteiger partial charge in [0.2, 0.25) is 0 Å². The van der Waals surface area contributed by atoms with Crippen LogP contribution in [0.2, 0.25) is 0 Å². The van der Waals surface area contributed by atoms with Crippen molar-refractivity contribution in [3.05, 3.63) is 27.3 Å². The third kappa shape index (κ3) is 4.81. The maximum atomic E-state index is 11.9. The molecule has 0 radical (unpaired) electrons. The predicted octanol–water partition coefficient (Wildman–Crippen LogP) is 1.54. The van der Waals surface area contributed by atoms with Crippen LogP contribution >= 0.6 is 22.6 Å². The average Bonchev–Trinajstić information content (AvgIpc) is 2.38. The Kier molecular flexibility index (Phi) is 6.19. The van der Waals surface area contributed by atoms with E-state index in [4.69, 9.17) is 10.6 Å². The van der Waals surface area contributed by atoms with E-state index in [1.54, 1.807) is 25.1 Å². The second kappa shape index (κ2) is 7.67. The normalized spacial score (nSPS) is 10.4. The quantitative estimate of drug-likeness (QED) is 0.267. The first-order valence-electron chi connectivity index (χ1n) is 5.42. The van der Waals surface area contributed by atoms with E-state index in [9.17, 15) is 9.59 Å². The summed E-state index contributed by atoms with van der Waals surface area (Å²) in [5.74, 6) is 4.05. The predicted molar refractivity (Wildman–Crippen MR) is 76.8 cm³/mol. The van der Waals surface area contributed by atoms with E-state index in [2.05, 4.69) is 38.2 Å². The molecular weight excluding hydrogens is 363 g/mol. The van der Waals surface area contributed by atoms with Gasteiger partial charge < -0.3 is 15.9 Å². The molecule has 1 rings (SSSR count). The Balaban J connectivity index is 2.81. The SMILES string of the molecule is CCOC(=O)CNC(=O)c1cc(I)ccc1N=NN. The van der Waals surface area contributed by atoms with Crippen molar-refractivity contribution in [1.82, 2.24) is 5.32 Å². The molecule has 0 aromatic heterocycles. The lowest BCUT2D eigenvalue weighted by Crippen LogP contribution is -2.30. The van der Waals surface area contributed by atoms with Gasteiger partial charge in [0.25, 0.3) is 5.91 Å². The molecule has 0 aliphatic heterocycles. The minimum absolute atomic E-state index is 0.197. The minimum Gasteiger partial charge on any atom is -0.465 e. The van der Waals surface area contributed by atoms with Crippen LogP contribution in [0.1, 0.15) is 17.3 Å². The zero-order chi connectivity index (χ0) is 14.3. The summed E-state index contributed by atoms with van der Waals surface area (Å²) >= 11 is 2.06. The van der Waals surface area contributed by atoms with Crippen LogP contribution in [0, 0.1) is 3.57 Å². The Bertz CT molecular complexity index is 505. The molecular formula is C11H13IN4O3. The van der Waals surface area contributed by atoms with Crippen LogP contribution in [0.4, 0.5) is 5.69 Å². The Morgan fingerprint density at radius 2 is 2.21 bits per heavy atom. The van der Waals surface area contributed by atoms with E-state index in [0.717, 1.165) is 3.57 Å². The molecule has 19 heavy (non-hydrogen) atoms. The van der Waals surface area contributed by atoms with Crippen LogP contribution in [0.3, 0.4) is 0 Å². The van der Waals surface area contributed by atoms with Crippen molar-refractivity contribution in [2.45, 2.75) is 6.92 Å². The summed E-state index contributed by atoms with van der Waals surface area (Å²) in [6.45, 7) is 1.76. The largest absolute Gasteiger partial charge is 0.465 e. The molecule has 0 bridgehead atoms. The molecule has 1 amide bonds. The molecule has 0 aliphatic rings. The van der Waals surface area contributed by atoms with Crippen molar-refractivity contribution in [2.75, 3.05) is 13.2 Å². The molecule has 0 fully saturated rings. The number of carbonyl (C=O) groups excluding carboxylic acids is 2. The van der Waals surface area contributed by atoms with E-state index >= 15 is 0 Å². The van der Waals surface area contributed by atoms with Gasteiger partial charge in [-0.25, -0.2) is 0 Å². The molecule has 1 aromatic carbocycles. The molecule has 0 spiro atoms. The van der Waals surface area contributed by atoms with E-state index < -0.39 is 11.9 Å². The Hall–Kier alpha value is -1.71. The summed E-state index contributed by atoms with van der Waals surface area (Å²) in [6.07, 6.45) is 0. The second-order valence-electron chi connectivity index (χ2n) is 3.36. The average molecular weight is 376 g/mol. The number of rotatable bonds is 5. The molecule has 0 aliphatic carbocycles. The highest BCUT2D eigenvalue weighted by molar-refractivity contribution is 14.1. The van der Waals surface area contributed by atoms with Gasteiger partial charge in [-0.2, -0.15) is 0 Å². The van der Waals surface area contributed by atoms with Gasteiger partial charge in [0.05, 0.1) is 12.2 Å². The molecule has 8 heteroatoms. The zero-order valence-electron chi connectivity index (χ0n) is 10.2. The van der Waals surface area contributed by atoms with Crippen molar-refractivity contribution in [3.63, 3.8) is 0 Å². The first kappa shape index (κ1) is 15.3. The number of esters is 1. The van der Waals surface area contributed by atoms with Gasteiger partial charge in [-0.15, -0.1) is 5.11 Å². The number of halogens is 1. The Morgan fingerprint density at radius 1 is 1.47 bits per heavy atom. The van der Waals surface area contributed by atoms with Gasteiger partial charge in [0.1, 0.15) is 12.2 Å². The lowest BCUT2D eigenvalue weighted by molar-refractivity contribution is -0.141. The number of nitrogens with zero attached hydrogens (tertiary/aromatic N) is 2. The van der Waals surface area contributed by atoms with Crippen molar-refractivity contribution in [1.29, 1.82) is 0 Å². The molecule has 1 aromatic rings. The molecule has 0 saturated heterocycles. The molecule has 7 nitrogen and oxygen atoms in total. The summed E-state index contributed by atoms with van der Waals surface area (Å²) < 4.78 is 5.57. The van der Waals surface area contributed by atoms with E-state index in [-0.39, 0.29) is 13.2 Å². The van der Waals surface area contributed by atoms with Gasteiger partial charge in [0, 0.05) is 3.57 Å². The number of nitrogens with two attached hydrogens (primary N) is 1. The van der Waals surface area contributed by atoms with Gasteiger partial charge in [-0.1, -0.05) is 5.22 Å². The molecule has 0 heterocycles. The third-order valence-electron chi connectivity index (χ3n) is 2.07. The van der Waals surface area contributed by atoms with Crippen LogP contribution in [-0.2, 0) is 9.53 Å². The van der Waals surface area contributed by atoms with Gasteiger partial charge in [0.15, 0.2) is 0 Å². The highest BCUT2D eigenvalue weighted by atomic mass is 127. The Labute approximate surface area is 123 Å². The van der Waals surface area contributed by atoms with Crippen LogP contribution in [-0.4, -0.2) is 25.0 Å². The van der Waals surface area contributed by atoms with E-state index in [0.29, 0.717) is 11.3 Å². The van der Waals surface area contributed by atoms with Crippen LogP contribution in [0.15, 0.2) is 28.5 Å². The molecule has 0 atom stereocenters. The molecule has 0 unspecified atom stereocenters. The van der Waals surface area contributed by atoms with E-state index in [1.165, 1.54) is 0 Å². The number of benzene rings is 1. The van der Waals surface area contributed by atoms with Crippen LogP contribution in [0.5, 0.6) is 0 Å². The summed E-state index contributed by atoms with van der Waals surface area (Å²) in [5, 5.41) is 9.26. The number of hydrogen-bond acceptors (Lipinski definition) is 5. The summed E-state index contributed by atoms with van der Waals surface area (Å²) in [7, 11) is 0. The highest BCUT2D eigenvalue weighted by Gasteiger charge is 2.13. The van der Waals surface area contributed by atoms with Crippen molar-refractivity contribution < 1.29 is 14.3 Å². The first-order chi connectivity index (χ1) is 9.08. The van der Waals surface area contributed by atoms with Crippen LogP contribution < -0.4 is 11.2 Å². The fourth-order valence-corrected chi connectivity index (χ4v) is 1.79. The standard InChI is InChI=1S/C11H13IN4O3/c1-2-19-10(17)6-14-11(18)8-5-7(12)3-4-9(8)15-16-13/h3-5H,2,6H2,1H3,(H2,13,15)(H,14,18). The number of hydrogen-bond donors (Lipinski definition) is 2. The fourth-order valence-electron chi connectivity index (χ4n) is 1.30. The lowest BCUT2D eigenvalue weighted by atomic mass is 10.1. The highest BCUT2D eigenvalue weighted by Crippen LogP contribution is 2.21. The van der Waals surface area contributed by atoms with Crippen LogP contribution in [0.25, 0.3) is 0 Å². The zero-order valence-corrected chi connectivity index (χ0v) is 12.4. The van der Waals surface area contributed by atoms with Crippen molar-refractivity contribution in [2.24, 2.45) is 16.2 Å². The second-order valence-corrected chi connectivity index (χ2v) is 4.61. The smallest absolute Gasteiger partial charge is 0.325 e. The summed E-state index contributed by atoms with van der Waals surface area (Å²) in [4.78, 5) is 23.1. The third-order valence-corrected chi connectivity index (χ3v) is 2.74. The number of amides is 1. The number of carbonyl (C=O) groups is 2. The summed E-state index contributed by atoms with van der Waals surface area (Å²) in [5.41, 5.74) is 0.634. The fraction of sp³-hybridized carbons (Fsp3) is 0.273. The number of nitrogens with one attached hydrogen (secondary N) is 1. The first-order valence-corrected chi connectivity index (χ1v) is 6.50. The summed E-state index contributed by atoms with van der Waals surface area (Å²) in [6, 6.07) is 5.02. The molecule has 3 N–H and O–H groups in total. The number of ether oxygens (including phenoxy) is 1. The van der Waals surface area contributed by atoms with Gasteiger partial charge in [-0.05, 0) is 47.7 Å². The topological polar surface area (TPSA) is 106 Å². The van der Waals surface area contributed by atoms with Crippen molar-refractivity contribution in [3.8, 4) is 0 Å².